The highest BCUT2D eigenvalue weighted by molar-refractivity contribution is 7.22. The summed E-state index contributed by atoms with van der Waals surface area (Å²) in [6, 6.07) is 6.15. The molecule has 0 fully saturated rings. The van der Waals surface area contributed by atoms with Crippen LogP contribution in [-0.4, -0.2) is 4.98 Å². The molecule has 0 saturated heterocycles. The first kappa shape index (κ1) is 6.91. The van der Waals surface area contributed by atoms with Crippen LogP contribution < -0.4 is 11.1 Å². The second-order valence-electron chi connectivity index (χ2n) is 2.94. The number of aromatic nitrogens is 1. The molecule has 2 aromatic rings. The highest BCUT2D eigenvalue weighted by Crippen LogP contribution is 2.28. The van der Waals surface area contributed by atoms with E-state index in [9.17, 15) is 0 Å². The smallest absolute Gasteiger partial charge is 0.181 e. The molecule has 0 bridgehead atoms. The summed E-state index contributed by atoms with van der Waals surface area (Å²) in [7, 11) is 0. The maximum Gasteiger partial charge on any atom is 0.181 e. The molecule has 1 aliphatic heterocycles. The third-order valence-corrected chi connectivity index (χ3v) is 2.85. The first-order valence-electron chi connectivity index (χ1n) is 3.96. The molecule has 64 valence electrons. The molecule has 1 aromatic carbocycles. The van der Waals surface area contributed by atoms with E-state index in [0.29, 0.717) is 5.13 Å². The summed E-state index contributed by atoms with van der Waals surface area (Å²) in [5.41, 5.74) is 8.98. The van der Waals surface area contributed by atoms with Gasteiger partial charge in [-0.1, -0.05) is 17.4 Å². The molecule has 3 N–H and O–H groups in total. The second kappa shape index (κ2) is 2.23. The number of nitrogens with zero attached hydrogens (tertiary/aromatic N) is 1. The van der Waals surface area contributed by atoms with Crippen molar-refractivity contribution >= 4 is 32.4 Å². The summed E-state index contributed by atoms with van der Waals surface area (Å²) in [5.74, 6) is 0. The van der Waals surface area contributed by atoms with Crippen molar-refractivity contribution in [1.82, 2.24) is 10.3 Å². The third-order valence-electron chi connectivity index (χ3n) is 2.00. The number of fused-ring (bicyclic) bond motifs is 1. The summed E-state index contributed by atoms with van der Waals surface area (Å²) < 4.78 is 1.14. The van der Waals surface area contributed by atoms with E-state index in [1.54, 1.807) is 0 Å². The summed E-state index contributed by atoms with van der Waals surface area (Å²) in [6.45, 7) is 0. The van der Waals surface area contributed by atoms with Gasteiger partial charge in [-0.15, -0.1) is 0 Å². The molecule has 0 radical (unpaired) electrons. The zero-order valence-corrected chi connectivity index (χ0v) is 7.56. The predicted molar refractivity (Wildman–Crippen MR) is 55.1 cm³/mol. The minimum absolute atomic E-state index is 0.630. The van der Waals surface area contributed by atoms with E-state index >= 15 is 0 Å². The summed E-state index contributed by atoms with van der Waals surface area (Å²) in [4.78, 5) is 4.19. The number of benzene rings is 1. The molecule has 0 unspecified atom stereocenters. The van der Waals surface area contributed by atoms with Crippen LogP contribution in [0, 0.1) is 0 Å². The molecule has 1 aliphatic rings. The van der Waals surface area contributed by atoms with Crippen LogP contribution in [0.1, 0.15) is 5.56 Å². The van der Waals surface area contributed by atoms with Gasteiger partial charge >= 0.3 is 0 Å². The zero-order valence-electron chi connectivity index (χ0n) is 6.74. The van der Waals surface area contributed by atoms with Crippen molar-refractivity contribution in [3.05, 3.63) is 30.0 Å². The Morgan fingerprint density at radius 3 is 3.00 bits per heavy atom. The lowest BCUT2D eigenvalue weighted by molar-refractivity contribution is 1.44. The van der Waals surface area contributed by atoms with Crippen molar-refractivity contribution in [3.8, 4) is 0 Å². The van der Waals surface area contributed by atoms with Gasteiger partial charge in [-0.05, 0) is 12.1 Å². The Morgan fingerprint density at radius 2 is 2.23 bits per heavy atom. The van der Waals surface area contributed by atoms with E-state index in [1.165, 1.54) is 22.6 Å². The molecule has 0 amide bonds. The van der Waals surface area contributed by atoms with Crippen molar-refractivity contribution < 1.29 is 0 Å². The normalized spacial score (nSPS) is 14.0. The number of hydrogen-bond acceptors (Lipinski definition) is 4. The van der Waals surface area contributed by atoms with Gasteiger partial charge in [0.25, 0.3) is 0 Å². The number of hydrogen-bond donors (Lipinski definition) is 2. The Bertz CT molecular complexity index is 513. The minimum atomic E-state index is 0.630. The van der Waals surface area contributed by atoms with Gasteiger partial charge in [0.1, 0.15) is 0 Å². The molecule has 3 rings (SSSR count). The lowest BCUT2D eigenvalue weighted by Crippen LogP contribution is -1.80. The average Bonchev–Trinajstić information content (AvgIpc) is 2.87. The van der Waals surface area contributed by atoms with Gasteiger partial charge in [-0.2, -0.15) is 0 Å². The highest BCUT2D eigenvalue weighted by atomic mass is 32.1. The average molecular weight is 189 g/mol. The van der Waals surface area contributed by atoms with Crippen molar-refractivity contribution in [2.45, 2.75) is 0 Å². The molecule has 2 heterocycles. The Morgan fingerprint density at radius 1 is 1.38 bits per heavy atom. The van der Waals surface area contributed by atoms with Crippen molar-refractivity contribution in [2.75, 3.05) is 5.73 Å². The minimum Gasteiger partial charge on any atom is -0.375 e. The van der Waals surface area contributed by atoms with Gasteiger partial charge in [-0.25, -0.2) is 4.98 Å². The highest BCUT2D eigenvalue weighted by Gasteiger charge is 2.10. The quantitative estimate of drug-likeness (QED) is 0.718. The largest absolute Gasteiger partial charge is 0.375 e. The molecule has 0 aliphatic carbocycles. The van der Waals surface area contributed by atoms with Crippen LogP contribution in [0.3, 0.4) is 0 Å². The second-order valence-corrected chi connectivity index (χ2v) is 4.00. The standard InChI is InChI=1S/C9H7N3S/c10-9-12-6-2-1-5(7-4-11-7)3-8(6)13-9/h1-4,11H,(H2,10,12). The number of nitrogens with two attached hydrogens (primary N) is 1. The van der Waals surface area contributed by atoms with Crippen LogP contribution >= 0.6 is 11.3 Å². The van der Waals surface area contributed by atoms with Crippen LogP contribution in [0.15, 0.2) is 24.4 Å². The van der Waals surface area contributed by atoms with Gasteiger partial charge < -0.3 is 11.1 Å². The molecular weight excluding hydrogens is 182 g/mol. The van der Waals surface area contributed by atoms with Crippen LogP contribution in [0.5, 0.6) is 0 Å². The fraction of sp³-hybridized carbons (Fsp3) is 0. The van der Waals surface area contributed by atoms with Gasteiger partial charge in [0.05, 0.1) is 15.9 Å². The first-order valence-corrected chi connectivity index (χ1v) is 4.78. The van der Waals surface area contributed by atoms with Crippen molar-refractivity contribution in [2.24, 2.45) is 0 Å². The van der Waals surface area contributed by atoms with E-state index in [2.05, 4.69) is 16.4 Å². The van der Waals surface area contributed by atoms with E-state index in [4.69, 9.17) is 5.73 Å². The van der Waals surface area contributed by atoms with E-state index in [-0.39, 0.29) is 0 Å². The van der Waals surface area contributed by atoms with Gasteiger partial charge in [-0.3, -0.25) is 0 Å². The molecular formula is C9H7N3S. The lowest BCUT2D eigenvalue weighted by Gasteiger charge is -1.92. The Hall–Kier alpha value is -1.55. The molecule has 0 spiro atoms. The van der Waals surface area contributed by atoms with Crippen molar-refractivity contribution in [1.29, 1.82) is 0 Å². The predicted octanol–water partition coefficient (Wildman–Crippen LogP) is 1.78. The summed E-state index contributed by atoms with van der Waals surface area (Å²) in [5, 5.41) is 3.70. The zero-order chi connectivity index (χ0) is 8.84. The fourth-order valence-corrected chi connectivity index (χ4v) is 2.09. The first-order chi connectivity index (χ1) is 6.33. The third kappa shape index (κ3) is 1.07. The van der Waals surface area contributed by atoms with E-state index < -0.39 is 0 Å². The lowest BCUT2D eigenvalue weighted by atomic mass is 10.2. The van der Waals surface area contributed by atoms with Gasteiger partial charge in [0.15, 0.2) is 5.13 Å². The molecule has 0 saturated carbocycles. The number of rotatable bonds is 1. The van der Waals surface area contributed by atoms with E-state index in [1.807, 2.05) is 18.3 Å². The molecule has 1 aromatic heterocycles. The molecule has 13 heavy (non-hydrogen) atoms. The number of nitrogens with one attached hydrogen (secondary N) is 1. The van der Waals surface area contributed by atoms with Gasteiger partial charge in [0, 0.05) is 11.8 Å². The maximum absolute atomic E-state index is 5.61. The molecule has 0 atom stereocenters. The number of thiazole rings is 1. The SMILES string of the molecule is Nc1nc2ccc(C3=CN3)cc2s1. The van der Waals surface area contributed by atoms with Crippen molar-refractivity contribution in [3.63, 3.8) is 0 Å². The maximum atomic E-state index is 5.61. The Balaban J connectivity index is 2.25. The van der Waals surface area contributed by atoms with Crippen LogP contribution in [0.2, 0.25) is 0 Å². The number of anilines is 1. The Labute approximate surface area is 78.9 Å². The van der Waals surface area contributed by atoms with Crippen LogP contribution in [-0.2, 0) is 0 Å². The topological polar surface area (TPSA) is 60.8 Å². The van der Waals surface area contributed by atoms with E-state index in [0.717, 1.165) is 10.2 Å². The molecule has 4 heteroatoms. The Kier molecular flexibility index (Phi) is 1.19. The summed E-state index contributed by atoms with van der Waals surface area (Å²) in [6.07, 6.45) is 1.98. The summed E-state index contributed by atoms with van der Waals surface area (Å²) >= 11 is 1.52. The monoisotopic (exact) mass is 189 g/mol. The fourth-order valence-electron chi connectivity index (χ4n) is 1.31. The van der Waals surface area contributed by atoms with Crippen LogP contribution in [0.25, 0.3) is 15.9 Å². The van der Waals surface area contributed by atoms with Crippen LogP contribution in [0.4, 0.5) is 5.13 Å². The number of nitrogen functional groups attached to an aromatic ring is 1. The molecule has 3 nitrogen and oxygen atoms in total. The van der Waals surface area contributed by atoms with Gasteiger partial charge in [0.2, 0.25) is 0 Å².